The molecule has 0 aliphatic heterocycles. The van der Waals surface area contributed by atoms with E-state index in [0.29, 0.717) is 0 Å². The normalized spacial score (nSPS) is 22.6. The van der Waals surface area contributed by atoms with Crippen LogP contribution in [-0.2, 0) is 11.2 Å². The molecule has 0 bridgehead atoms. The van der Waals surface area contributed by atoms with E-state index in [1.165, 1.54) is 32.2 Å². The van der Waals surface area contributed by atoms with Gasteiger partial charge in [0.25, 0.3) is 0 Å². The van der Waals surface area contributed by atoms with Gasteiger partial charge in [-0.15, -0.1) is 0 Å². The lowest BCUT2D eigenvalue weighted by Crippen LogP contribution is -2.52. The highest BCUT2D eigenvalue weighted by atomic mass is 16.5. The lowest BCUT2D eigenvalue weighted by atomic mass is 9.71. The van der Waals surface area contributed by atoms with Gasteiger partial charge in [-0.1, -0.05) is 12.1 Å². The Morgan fingerprint density at radius 3 is 2.41 bits per heavy atom. The van der Waals surface area contributed by atoms with E-state index < -0.39 is 40.5 Å². The van der Waals surface area contributed by atoms with Crippen LogP contribution in [0.2, 0.25) is 0 Å². The Kier molecular flexibility index (Phi) is 4.04. The first-order chi connectivity index (χ1) is 13.6. The summed E-state index contributed by atoms with van der Waals surface area (Å²) in [5, 5.41) is 32.3. The van der Waals surface area contributed by atoms with Gasteiger partial charge in [0.2, 0.25) is 5.78 Å². The van der Waals surface area contributed by atoms with E-state index in [-0.39, 0.29) is 52.0 Å². The first-order valence-corrected chi connectivity index (χ1v) is 8.97. The summed E-state index contributed by atoms with van der Waals surface area (Å²) in [6.45, 7) is 1.27. The van der Waals surface area contributed by atoms with Crippen molar-refractivity contribution in [2.45, 2.75) is 31.4 Å². The summed E-state index contributed by atoms with van der Waals surface area (Å²) in [5.41, 5.74) is 3.78. The first-order valence-electron chi connectivity index (χ1n) is 8.97. The van der Waals surface area contributed by atoms with Crippen molar-refractivity contribution in [1.82, 2.24) is 0 Å². The molecule has 150 valence electrons. The van der Waals surface area contributed by atoms with Gasteiger partial charge in [0.15, 0.2) is 5.78 Å². The number of aromatic hydroxyl groups is 2. The molecule has 2 aromatic rings. The Balaban J connectivity index is 2.04. The van der Waals surface area contributed by atoms with Crippen molar-refractivity contribution in [2.24, 2.45) is 5.73 Å². The van der Waals surface area contributed by atoms with Crippen LogP contribution in [0.5, 0.6) is 17.2 Å². The second kappa shape index (κ2) is 6.13. The fourth-order valence-corrected chi connectivity index (χ4v) is 4.26. The van der Waals surface area contributed by atoms with Crippen molar-refractivity contribution in [3.8, 4) is 17.2 Å². The molecule has 0 fully saturated rings. The molecular formula is C21H19NO7. The predicted molar refractivity (Wildman–Crippen MR) is 101 cm³/mol. The molecule has 0 saturated heterocycles. The van der Waals surface area contributed by atoms with Gasteiger partial charge in [-0.05, 0) is 13.0 Å². The minimum atomic E-state index is -1.47. The number of methoxy groups -OCH3 is 1. The van der Waals surface area contributed by atoms with E-state index in [1.54, 1.807) is 0 Å². The third-order valence-corrected chi connectivity index (χ3v) is 5.85. The maximum Gasteiger partial charge on any atom is 0.202 e. The van der Waals surface area contributed by atoms with Crippen molar-refractivity contribution < 1.29 is 34.4 Å². The average Bonchev–Trinajstić information content (AvgIpc) is 2.67. The van der Waals surface area contributed by atoms with E-state index in [4.69, 9.17) is 10.5 Å². The minimum absolute atomic E-state index is 0.0165. The standard InChI is InChI=1S/C21H19NO7/c1-8(23)21(22)6-10-13(11(24)7-21)19(27)15-16(18(10)26)20(28)14-9(17(15)25)4-3-5-12(14)29-2/h3-5,11,24,26-27H,6-7,22H2,1-2H3/t11-,21-/m0/s1. The Morgan fingerprint density at radius 2 is 1.79 bits per heavy atom. The van der Waals surface area contributed by atoms with Crippen LogP contribution in [0, 0.1) is 0 Å². The zero-order valence-corrected chi connectivity index (χ0v) is 15.8. The number of ether oxygens (including phenoxy) is 1. The van der Waals surface area contributed by atoms with E-state index in [9.17, 15) is 29.7 Å². The molecule has 0 spiro atoms. The predicted octanol–water partition coefficient (Wildman–Crippen LogP) is 1.15. The molecule has 0 radical (unpaired) electrons. The van der Waals surface area contributed by atoms with Crippen molar-refractivity contribution in [2.75, 3.05) is 7.11 Å². The Labute approximate surface area is 165 Å². The second-order valence-electron chi connectivity index (χ2n) is 7.49. The van der Waals surface area contributed by atoms with Gasteiger partial charge in [0, 0.05) is 29.5 Å². The molecule has 0 aromatic heterocycles. The summed E-state index contributed by atoms with van der Waals surface area (Å²) >= 11 is 0. The van der Waals surface area contributed by atoms with Gasteiger partial charge in [-0.3, -0.25) is 14.4 Å². The van der Waals surface area contributed by atoms with Gasteiger partial charge in [0.1, 0.15) is 23.0 Å². The number of hydrogen-bond acceptors (Lipinski definition) is 8. The molecule has 8 nitrogen and oxygen atoms in total. The monoisotopic (exact) mass is 397 g/mol. The number of nitrogens with two attached hydrogens (primary N) is 1. The van der Waals surface area contributed by atoms with Crippen LogP contribution in [0.3, 0.4) is 0 Å². The lowest BCUT2D eigenvalue weighted by molar-refractivity contribution is -0.123. The third kappa shape index (κ3) is 2.43. The van der Waals surface area contributed by atoms with Crippen molar-refractivity contribution in [1.29, 1.82) is 0 Å². The van der Waals surface area contributed by atoms with Gasteiger partial charge in [0.05, 0.1) is 35.4 Å². The number of aliphatic hydroxyl groups is 1. The van der Waals surface area contributed by atoms with Crippen molar-refractivity contribution in [3.63, 3.8) is 0 Å². The van der Waals surface area contributed by atoms with Crippen molar-refractivity contribution in [3.05, 3.63) is 51.6 Å². The van der Waals surface area contributed by atoms with E-state index in [0.717, 1.165) is 0 Å². The number of hydrogen-bond donors (Lipinski definition) is 4. The molecule has 8 heteroatoms. The number of benzene rings is 2. The number of carbonyl (C=O) groups excluding carboxylic acids is 3. The average molecular weight is 397 g/mol. The molecule has 5 N–H and O–H groups in total. The highest BCUT2D eigenvalue weighted by Crippen LogP contribution is 2.50. The molecule has 0 saturated carbocycles. The summed E-state index contributed by atoms with van der Waals surface area (Å²) in [7, 11) is 1.35. The molecule has 2 aromatic carbocycles. The van der Waals surface area contributed by atoms with Crippen LogP contribution in [0.4, 0.5) is 0 Å². The van der Waals surface area contributed by atoms with Gasteiger partial charge >= 0.3 is 0 Å². The van der Waals surface area contributed by atoms with E-state index in [2.05, 4.69) is 0 Å². The minimum Gasteiger partial charge on any atom is -0.507 e. The Hall–Kier alpha value is -3.23. The number of carbonyl (C=O) groups is 3. The maximum absolute atomic E-state index is 13.2. The SMILES string of the molecule is COc1cccc2c1C(=O)c1c(O)c3c(c(O)c1C2=O)[C@@H](O)C[C@](N)(C(C)=O)C3. The van der Waals surface area contributed by atoms with Crippen LogP contribution in [0.1, 0.15) is 62.4 Å². The van der Waals surface area contributed by atoms with Crippen LogP contribution in [0.25, 0.3) is 0 Å². The molecule has 0 heterocycles. The number of fused-ring (bicyclic) bond motifs is 3. The molecule has 0 unspecified atom stereocenters. The maximum atomic E-state index is 13.2. The second-order valence-corrected chi connectivity index (χ2v) is 7.49. The number of ketones is 3. The third-order valence-electron chi connectivity index (χ3n) is 5.85. The van der Waals surface area contributed by atoms with Crippen LogP contribution < -0.4 is 10.5 Å². The zero-order valence-electron chi connectivity index (χ0n) is 15.8. The summed E-state index contributed by atoms with van der Waals surface area (Å²) in [6, 6.07) is 4.47. The first kappa shape index (κ1) is 19.1. The highest BCUT2D eigenvalue weighted by molar-refractivity contribution is 6.31. The summed E-state index contributed by atoms with van der Waals surface area (Å²) in [4.78, 5) is 38.3. The lowest BCUT2D eigenvalue weighted by Gasteiger charge is -2.37. The summed E-state index contributed by atoms with van der Waals surface area (Å²) in [6.07, 6.45) is -1.77. The van der Waals surface area contributed by atoms with Crippen molar-refractivity contribution >= 4 is 17.3 Å². The van der Waals surface area contributed by atoms with Crippen LogP contribution >= 0.6 is 0 Å². The molecule has 2 aliphatic rings. The number of aliphatic hydroxyl groups excluding tert-OH is 1. The fourth-order valence-electron chi connectivity index (χ4n) is 4.26. The Morgan fingerprint density at radius 1 is 1.14 bits per heavy atom. The van der Waals surface area contributed by atoms with Crippen LogP contribution in [0.15, 0.2) is 18.2 Å². The highest BCUT2D eigenvalue weighted by Gasteiger charge is 2.46. The molecular weight excluding hydrogens is 378 g/mol. The fraction of sp³-hybridized carbons (Fsp3) is 0.286. The van der Waals surface area contributed by atoms with Crippen LogP contribution in [-0.4, -0.2) is 45.3 Å². The number of phenols is 2. The van der Waals surface area contributed by atoms with E-state index in [1.807, 2.05) is 0 Å². The zero-order chi connectivity index (χ0) is 21.2. The topological polar surface area (TPSA) is 147 Å². The summed E-state index contributed by atoms with van der Waals surface area (Å²) in [5.74, 6) is -2.79. The molecule has 2 aliphatic carbocycles. The molecule has 2 atom stereocenters. The quantitative estimate of drug-likeness (QED) is 0.471. The molecule has 29 heavy (non-hydrogen) atoms. The molecule has 0 amide bonds. The number of phenolic OH excluding ortho intramolecular Hbond substituents is 2. The van der Waals surface area contributed by atoms with Gasteiger partial charge < -0.3 is 25.8 Å². The Bertz CT molecular complexity index is 1120. The number of rotatable bonds is 2. The summed E-state index contributed by atoms with van der Waals surface area (Å²) < 4.78 is 5.19. The largest absolute Gasteiger partial charge is 0.507 e. The van der Waals surface area contributed by atoms with Gasteiger partial charge in [-0.25, -0.2) is 0 Å². The smallest absolute Gasteiger partial charge is 0.202 e. The van der Waals surface area contributed by atoms with Gasteiger partial charge in [-0.2, -0.15) is 0 Å². The molecule has 4 rings (SSSR count). The van der Waals surface area contributed by atoms with E-state index >= 15 is 0 Å². The number of Topliss-reactive ketones (excluding diaryl/α,β-unsaturated/α-hetero) is 1.